The molecule has 0 radical (unpaired) electrons. The van der Waals surface area contributed by atoms with Crippen LogP contribution in [-0.2, 0) is 0 Å². The highest BCUT2D eigenvalue weighted by Gasteiger charge is 2.14. The average Bonchev–Trinajstić information content (AvgIpc) is 2.38. The Balaban J connectivity index is 1.48. The summed E-state index contributed by atoms with van der Waals surface area (Å²) in [6.45, 7) is 7.50. The van der Waals surface area contributed by atoms with Crippen molar-refractivity contribution < 1.29 is 0 Å². The molecule has 2 aliphatic heterocycles. The predicted octanol–water partition coefficient (Wildman–Crippen LogP) is 1.11. The van der Waals surface area contributed by atoms with Gasteiger partial charge in [0.05, 0.1) is 0 Å². The Morgan fingerprint density at radius 2 is 1.82 bits per heavy atom. The van der Waals surface area contributed by atoms with E-state index >= 15 is 0 Å². The van der Waals surface area contributed by atoms with Gasteiger partial charge < -0.3 is 15.1 Å². The summed E-state index contributed by atoms with van der Waals surface area (Å²) in [5.74, 6) is 2.71. The van der Waals surface area contributed by atoms with Gasteiger partial charge in [-0.1, -0.05) is 0 Å². The third kappa shape index (κ3) is 5.16. The van der Waals surface area contributed by atoms with Crippen LogP contribution in [0.25, 0.3) is 0 Å². The molecular weight excluding hydrogens is 230 g/mol. The van der Waals surface area contributed by atoms with Gasteiger partial charge in [0, 0.05) is 32.2 Å². The number of thioether (sulfide) groups is 1. The highest BCUT2D eigenvalue weighted by molar-refractivity contribution is 7.99. The van der Waals surface area contributed by atoms with E-state index in [0.717, 1.165) is 6.04 Å². The fourth-order valence-electron chi connectivity index (χ4n) is 2.58. The average molecular weight is 257 g/mol. The molecule has 2 saturated heterocycles. The van der Waals surface area contributed by atoms with Crippen LogP contribution in [0.4, 0.5) is 0 Å². The third-order valence-corrected chi connectivity index (χ3v) is 4.95. The van der Waals surface area contributed by atoms with E-state index in [2.05, 4.69) is 33.9 Å². The van der Waals surface area contributed by atoms with Crippen molar-refractivity contribution in [2.75, 3.05) is 57.8 Å². The smallest absolute Gasteiger partial charge is 0.0110 e. The molecule has 2 heterocycles. The molecule has 0 bridgehead atoms. The lowest BCUT2D eigenvalue weighted by Crippen LogP contribution is -2.45. The first-order valence-corrected chi connectivity index (χ1v) is 8.22. The normalized spacial score (nSPS) is 25.2. The quantitative estimate of drug-likeness (QED) is 0.743. The number of nitrogens with zero attached hydrogens (tertiary/aromatic N) is 2. The van der Waals surface area contributed by atoms with Crippen LogP contribution in [0.5, 0.6) is 0 Å². The zero-order valence-electron chi connectivity index (χ0n) is 11.2. The van der Waals surface area contributed by atoms with Crippen molar-refractivity contribution in [1.82, 2.24) is 15.1 Å². The van der Waals surface area contributed by atoms with E-state index in [9.17, 15) is 0 Å². The first-order valence-electron chi connectivity index (χ1n) is 7.06. The van der Waals surface area contributed by atoms with Gasteiger partial charge in [-0.15, -0.1) is 0 Å². The van der Waals surface area contributed by atoms with Gasteiger partial charge in [0.25, 0.3) is 0 Å². The molecule has 2 aliphatic rings. The minimum atomic E-state index is 0.809. The maximum atomic E-state index is 3.72. The lowest BCUT2D eigenvalue weighted by Gasteiger charge is -2.32. The molecule has 0 amide bonds. The number of likely N-dealkylation sites (N-methyl/N-ethyl adjacent to an activating group) is 1. The largest absolute Gasteiger partial charge is 0.314 e. The lowest BCUT2D eigenvalue weighted by atomic mass is 10.1. The van der Waals surface area contributed by atoms with Crippen molar-refractivity contribution in [2.45, 2.75) is 25.3 Å². The van der Waals surface area contributed by atoms with E-state index in [0.29, 0.717) is 0 Å². The monoisotopic (exact) mass is 257 g/mol. The summed E-state index contributed by atoms with van der Waals surface area (Å²) in [4.78, 5) is 5.03. The second kappa shape index (κ2) is 7.62. The minimum Gasteiger partial charge on any atom is -0.314 e. The Bertz CT molecular complexity index is 199. The van der Waals surface area contributed by atoms with Gasteiger partial charge in [-0.2, -0.15) is 11.8 Å². The van der Waals surface area contributed by atoms with Gasteiger partial charge in [-0.05, 0) is 50.9 Å². The molecule has 0 unspecified atom stereocenters. The summed E-state index contributed by atoms with van der Waals surface area (Å²) in [5, 5.41) is 3.72. The first kappa shape index (κ1) is 13.7. The van der Waals surface area contributed by atoms with Gasteiger partial charge >= 0.3 is 0 Å². The second-order valence-electron chi connectivity index (χ2n) is 5.34. The molecule has 4 heteroatoms. The van der Waals surface area contributed by atoms with Gasteiger partial charge in [-0.25, -0.2) is 0 Å². The fourth-order valence-corrected chi connectivity index (χ4v) is 3.69. The van der Waals surface area contributed by atoms with Crippen LogP contribution in [0.1, 0.15) is 19.3 Å². The van der Waals surface area contributed by atoms with Crippen molar-refractivity contribution in [3.63, 3.8) is 0 Å². The van der Waals surface area contributed by atoms with Crippen LogP contribution in [0.2, 0.25) is 0 Å². The molecule has 0 saturated carbocycles. The number of rotatable bonds is 5. The van der Waals surface area contributed by atoms with E-state index in [1.54, 1.807) is 0 Å². The Morgan fingerprint density at radius 1 is 1.12 bits per heavy atom. The van der Waals surface area contributed by atoms with Crippen LogP contribution < -0.4 is 5.32 Å². The van der Waals surface area contributed by atoms with Crippen molar-refractivity contribution >= 4 is 11.8 Å². The van der Waals surface area contributed by atoms with Gasteiger partial charge in [-0.3, -0.25) is 0 Å². The molecule has 3 nitrogen and oxygen atoms in total. The molecule has 0 aromatic rings. The molecule has 1 N–H and O–H groups in total. The van der Waals surface area contributed by atoms with Crippen LogP contribution in [0, 0.1) is 0 Å². The van der Waals surface area contributed by atoms with Crippen LogP contribution in [0.15, 0.2) is 0 Å². The zero-order chi connectivity index (χ0) is 11.9. The molecule has 0 aromatic heterocycles. The van der Waals surface area contributed by atoms with Gasteiger partial charge in [0.15, 0.2) is 0 Å². The molecule has 2 fully saturated rings. The minimum absolute atomic E-state index is 0.809. The Hall–Kier alpha value is 0.230. The molecule has 0 aliphatic carbocycles. The van der Waals surface area contributed by atoms with Crippen molar-refractivity contribution in [1.29, 1.82) is 0 Å². The summed E-state index contributed by atoms with van der Waals surface area (Å²) in [6.07, 6.45) is 4.06. The molecule has 17 heavy (non-hydrogen) atoms. The predicted molar refractivity (Wildman–Crippen MR) is 76.9 cm³/mol. The van der Waals surface area contributed by atoms with E-state index in [1.165, 1.54) is 70.0 Å². The van der Waals surface area contributed by atoms with Gasteiger partial charge in [0.2, 0.25) is 0 Å². The number of piperazine rings is 1. The van der Waals surface area contributed by atoms with E-state index in [-0.39, 0.29) is 0 Å². The summed E-state index contributed by atoms with van der Waals surface area (Å²) in [7, 11) is 2.22. The molecule has 0 spiro atoms. The Labute approximate surface area is 110 Å². The maximum Gasteiger partial charge on any atom is 0.0110 e. The molecular formula is C13H27N3S. The third-order valence-electron chi connectivity index (χ3n) is 3.90. The Morgan fingerprint density at radius 3 is 2.53 bits per heavy atom. The topological polar surface area (TPSA) is 18.5 Å². The highest BCUT2D eigenvalue weighted by atomic mass is 32.2. The fraction of sp³-hybridized carbons (Fsp3) is 1.00. The highest BCUT2D eigenvalue weighted by Crippen LogP contribution is 2.16. The number of nitrogens with one attached hydrogen (secondary N) is 1. The molecule has 2 rings (SSSR count). The summed E-state index contributed by atoms with van der Waals surface area (Å²) >= 11 is 2.11. The van der Waals surface area contributed by atoms with Crippen LogP contribution >= 0.6 is 11.8 Å². The standard InChI is InChI=1S/C13H27N3S/c1-15-7-9-16(10-8-15)6-2-5-14-13-3-11-17-12-4-13/h13-14H,2-12H2,1H3. The van der Waals surface area contributed by atoms with Gasteiger partial charge in [0.1, 0.15) is 0 Å². The van der Waals surface area contributed by atoms with E-state index in [1.807, 2.05) is 0 Å². The molecule has 100 valence electrons. The lowest BCUT2D eigenvalue weighted by molar-refractivity contribution is 0.152. The maximum absolute atomic E-state index is 3.72. The second-order valence-corrected chi connectivity index (χ2v) is 6.56. The van der Waals surface area contributed by atoms with Crippen molar-refractivity contribution in [2.24, 2.45) is 0 Å². The SMILES string of the molecule is CN1CCN(CCCNC2CCSCC2)CC1. The van der Waals surface area contributed by atoms with Crippen molar-refractivity contribution in [3.8, 4) is 0 Å². The number of hydrogen-bond acceptors (Lipinski definition) is 4. The molecule has 0 atom stereocenters. The Kier molecular flexibility index (Phi) is 6.12. The van der Waals surface area contributed by atoms with Crippen LogP contribution in [-0.4, -0.2) is 73.7 Å². The summed E-state index contributed by atoms with van der Waals surface area (Å²) in [5.41, 5.74) is 0. The van der Waals surface area contributed by atoms with Crippen LogP contribution in [0.3, 0.4) is 0 Å². The number of hydrogen-bond donors (Lipinski definition) is 1. The summed E-state index contributed by atoms with van der Waals surface area (Å²) in [6, 6.07) is 0.809. The van der Waals surface area contributed by atoms with Crippen molar-refractivity contribution in [3.05, 3.63) is 0 Å². The van der Waals surface area contributed by atoms with E-state index in [4.69, 9.17) is 0 Å². The first-order chi connectivity index (χ1) is 8.34. The van der Waals surface area contributed by atoms with E-state index < -0.39 is 0 Å². The molecule has 0 aromatic carbocycles. The zero-order valence-corrected chi connectivity index (χ0v) is 12.0. The summed E-state index contributed by atoms with van der Waals surface area (Å²) < 4.78 is 0.